The average Bonchev–Trinajstić information content (AvgIpc) is 3.27. The molecule has 0 aliphatic rings. The zero-order valence-electron chi connectivity index (χ0n) is 26.2. The maximum absolute atomic E-state index is 15.5. The number of pyridine rings is 1. The molecule has 0 radical (unpaired) electrons. The summed E-state index contributed by atoms with van der Waals surface area (Å²) in [4.78, 5) is 31.3. The van der Waals surface area contributed by atoms with Gasteiger partial charge in [0.1, 0.15) is 17.2 Å². The van der Waals surface area contributed by atoms with Crippen molar-refractivity contribution in [2.24, 2.45) is 12.8 Å². The highest BCUT2D eigenvalue weighted by Gasteiger charge is 2.27. The molecule has 0 saturated heterocycles. The average molecular weight is 607 g/mol. The van der Waals surface area contributed by atoms with Gasteiger partial charge in [-0.05, 0) is 69.7 Å². The summed E-state index contributed by atoms with van der Waals surface area (Å²) >= 11 is 0. The molecule has 12 nitrogen and oxygen atoms in total. The van der Waals surface area contributed by atoms with E-state index in [1.165, 1.54) is 0 Å². The lowest BCUT2D eigenvalue weighted by atomic mass is 10.00. The number of fused-ring (bicyclic) bond motifs is 1. The third kappa shape index (κ3) is 7.28. The summed E-state index contributed by atoms with van der Waals surface area (Å²) in [7, 11) is 7.19. The lowest BCUT2D eigenvalue weighted by molar-refractivity contribution is 0.0503. The van der Waals surface area contributed by atoms with Crippen LogP contribution < -0.4 is 31.3 Å². The summed E-state index contributed by atoms with van der Waals surface area (Å²) in [5.41, 5.74) is 6.98. The highest BCUT2D eigenvalue weighted by molar-refractivity contribution is 5.99. The Labute approximate surface area is 255 Å². The molecule has 0 aliphatic carbocycles. The lowest BCUT2D eigenvalue weighted by Gasteiger charge is -2.29. The summed E-state index contributed by atoms with van der Waals surface area (Å²) < 4.78 is 28.0. The van der Waals surface area contributed by atoms with Crippen molar-refractivity contribution in [3.8, 4) is 5.75 Å². The first-order valence-electron chi connectivity index (χ1n) is 14.0. The minimum absolute atomic E-state index is 0.0530. The lowest BCUT2D eigenvalue weighted by Crippen LogP contribution is -2.42. The van der Waals surface area contributed by atoms with Gasteiger partial charge in [0.25, 0.3) is 5.91 Å². The van der Waals surface area contributed by atoms with E-state index < -0.39 is 35.5 Å². The van der Waals surface area contributed by atoms with Crippen LogP contribution in [0.3, 0.4) is 0 Å². The topological polar surface area (TPSA) is 149 Å². The quantitative estimate of drug-likeness (QED) is 0.194. The Morgan fingerprint density at radius 1 is 1.07 bits per heavy atom. The van der Waals surface area contributed by atoms with Gasteiger partial charge >= 0.3 is 6.09 Å². The SMILES string of the molecule is COc1ccc([C@@H](Nc2nc(Nc3ccc4c(c3)c(N(C)C)nn4C)c(C(N)=O)cc2F)[C@H](C)NC(=O)OC(C)(C)C)cc1. The van der Waals surface area contributed by atoms with E-state index in [0.29, 0.717) is 17.0 Å². The Morgan fingerprint density at radius 2 is 1.75 bits per heavy atom. The number of amides is 2. The molecule has 0 fully saturated rings. The van der Waals surface area contributed by atoms with Gasteiger partial charge in [-0.15, -0.1) is 0 Å². The Hall–Kier alpha value is -5.07. The molecule has 0 aliphatic heterocycles. The van der Waals surface area contributed by atoms with Gasteiger partial charge in [-0.25, -0.2) is 14.2 Å². The molecule has 0 saturated carbocycles. The Balaban J connectivity index is 1.72. The fourth-order valence-corrected chi connectivity index (χ4v) is 4.70. The molecule has 234 valence electrons. The number of halogens is 1. The van der Waals surface area contributed by atoms with Gasteiger partial charge in [0.05, 0.1) is 30.3 Å². The van der Waals surface area contributed by atoms with E-state index >= 15 is 4.39 Å². The number of hydrogen-bond donors (Lipinski definition) is 4. The smallest absolute Gasteiger partial charge is 0.407 e. The molecule has 44 heavy (non-hydrogen) atoms. The van der Waals surface area contributed by atoms with E-state index in [4.69, 9.17) is 15.2 Å². The van der Waals surface area contributed by atoms with Crippen LogP contribution in [0, 0.1) is 5.82 Å². The highest BCUT2D eigenvalue weighted by Crippen LogP contribution is 2.32. The number of anilines is 4. The predicted octanol–water partition coefficient (Wildman–Crippen LogP) is 5.09. The number of benzene rings is 2. The van der Waals surface area contributed by atoms with E-state index in [2.05, 4.69) is 26.0 Å². The number of aryl methyl sites for hydroxylation is 1. The highest BCUT2D eigenvalue weighted by atomic mass is 19.1. The summed E-state index contributed by atoms with van der Waals surface area (Å²) in [6, 6.07) is 12.4. The van der Waals surface area contributed by atoms with Gasteiger partial charge in [0.2, 0.25) is 0 Å². The molecule has 4 aromatic rings. The van der Waals surface area contributed by atoms with Crippen molar-refractivity contribution in [2.75, 3.05) is 36.7 Å². The van der Waals surface area contributed by atoms with Crippen molar-refractivity contribution in [1.29, 1.82) is 0 Å². The van der Waals surface area contributed by atoms with E-state index in [0.717, 1.165) is 22.8 Å². The van der Waals surface area contributed by atoms with E-state index in [9.17, 15) is 9.59 Å². The number of alkyl carbamates (subject to hydrolysis) is 1. The first-order chi connectivity index (χ1) is 20.7. The summed E-state index contributed by atoms with van der Waals surface area (Å²) in [5.74, 6) is -0.377. The number of carbonyl (C=O) groups is 2. The number of methoxy groups -OCH3 is 1. The molecule has 2 aromatic carbocycles. The number of hydrogen-bond acceptors (Lipinski definition) is 9. The van der Waals surface area contributed by atoms with Crippen LogP contribution in [0.5, 0.6) is 5.75 Å². The fourth-order valence-electron chi connectivity index (χ4n) is 4.70. The normalized spacial score (nSPS) is 12.8. The molecular formula is C31H39FN8O4. The number of nitrogens with one attached hydrogen (secondary N) is 3. The molecule has 2 atom stereocenters. The summed E-state index contributed by atoms with van der Waals surface area (Å²) in [6.07, 6.45) is -0.631. The molecule has 2 amide bonds. The van der Waals surface area contributed by atoms with Gasteiger partial charge in [-0.2, -0.15) is 5.10 Å². The van der Waals surface area contributed by atoms with Gasteiger partial charge in [0, 0.05) is 32.2 Å². The second-order valence-corrected chi connectivity index (χ2v) is 11.6. The van der Waals surface area contributed by atoms with Crippen molar-refractivity contribution in [2.45, 2.75) is 45.4 Å². The maximum Gasteiger partial charge on any atom is 0.407 e. The van der Waals surface area contributed by atoms with Crippen LogP contribution in [0.1, 0.15) is 49.7 Å². The second kappa shape index (κ2) is 12.7. The number of rotatable bonds is 10. The number of aromatic nitrogens is 3. The Bertz CT molecular complexity index is 1660. The minimum atomic E-state index is -0.853. The van der Waals surface area contributed by atoms with Crippen LogP contribution in [0.2, 0.25) is 0 Å². The van der Waals surface area contributed by atoms with Gasteiger partial charge in [-0.1, -0.05) is 12.1 Å². The zero-order chi connectivity index (χ0) is 32.3. The van der Waals surface area contributed by atoms with Gasteiger partial charge in [-0.3, -0.25) is 9.48 Å². The standard InChI is InChI=1S/C31H39FN8O4/c1-17(34-30(42)44-31(2,3)4)25(18-9-12-20(43-8)13-10-18)36-28-23(32)16-22(26(33)41)27(37-28)35-19-11-14-24-21(15-19)29(39(5)6)38-40(24)7/h9-17,25H,1-8H3,(H2,33,41)(H,34,42)(H2,35,36,37)/t17-,25-/m0/s1. The number of nitrogens with zero attached hydrogens (tertiary/aromatic N) is 4. The summed E-state index contributed by atoms with van der Waals surface area (Å²) in [5, 5.41) is 14.5. The van der Waals surface area contributed by atoms with Gasteiger partial charge in [0.15, 0.2) is 17.5 Å². The molecule has 4 rings (SSSR count). The molecule has 2 aromatic heterocycles. The van der Waals surface area contributed by atoms with Gasteiger partial charge < -0.3 is 36.1 Å². The van der Waals surface area contributed by atoms with Crippen molar-refractivity contribution in [3.05, 3.63) is 65.5 Å². The van der Waals surface area contributed by atoms with Crippen LogP contribution in [0.4, 0.5) is 32.3 Å². The van der Waals surface area contributed by atoms with Crippen LogP contribution >= 0.6 is 0 Å². The Morgan fingerprint density at radius 3 is 2.34 bits per heavy atom. The summed E-state index contributed by atoms with van der Waals surface area (Å²) in [6.45, 7) is 7.04. The molecule has 0 spiro atoms. The second-order valence-electron chi connectivity index (χ2n) is 11.6. The molecular weight excluding hydrogens is 567 g/mol. The molecule has 5 N–H and O–H groups in total. The van der Waals surface area contributed by atoms with Crippen molar-refractivity contribution >= 4 is 46.0 Å². The fraction of sp³-hybridized carbons (Fsp3) is 0.355. The molecule has 2 heterocycles. The molecule has 0 bridgehead atoms. The predicted molar refractivity (Wildman–Crippen MR) is 169 cm³/mol. The Kier molecular flexibility index (Phi) is 9.16. The third-order valence-corrected chi connectivity index (χ3v) is 6.77. The molecule has 13 heteroatoms. The number of nitrogens with two attached hydrogens (primary N) is 1. The third-order valence-electron chi connectivity index (χ3n) is 6.77. The van der Waals surface area contributed by atoms with E-state index in [1.807, 2.05) is 38.2 Å². The monoisotopic (exact) mass is 606 g/mol. The first-order valence-corrected chi connectivity index (χ1v) is 14.0. The van der Waals surface area contributed by atoms with E-state index in [-0.39, 0.29) is 17.2 Å². The van der Waals surface area contributed by atoms with Crippen LogP contribution in [-0.4, -0.2) is 59.6 Å². The number of ether oxygens (including phenoxy) is 2. The maximum atomic E-state index is 15.5. The number of carbonyl (C=O) groups excluding carboxylic acids is 2. The van der Waals surface area contributed by atoms with E-state index in [1.54, 1.807) is 69.8 Å². The van der Waals surface area contributed by atoms with Crippen LogP contribution in [0.15, 0.2) is 48.5 Å². The zero-order valence-corrected chi connectivity index (χ0v) is 26.2. The van der Waals surface area contributed by atoms with Crippen LogP contribution in [0.25, 0.3) is 10.9 Å². The molecule has 0 unspecified atom stereocenters. The first kappa shape index (κ1) is 31.9. The van der Waals surface area contributed by atoms with Crippen LogP contribution in [-0.2, 0) is 11.8 Å². The van der Waals surface area contributed by atoms with Crippen molar-refractivity contribution < 1.29 is 23.5 Å². The van der Waals surface area contributed by atoms with Crippen molar-refractivity contribution in [3.63, 3.8) is 0 Å². The minimum Gasteiger partial charge on any atom is -0.497 e. The van der Waals surface area contributed by atoms with Crippen molar-refractivity contribution in [1.82, 2.24) is 20.1 Å². The number of primary amides is 1. The largest absolute Gasteiger partial charge is 0.497 e.